The molecule has 7 heteroatoms. The van der Waals surface area contributed by atoms with Crippen molar-refractivity contribution in [2.24, 2.45) is 0 Å². The van der Waals surface area contributed by atoms with E-state index in [9.17, 15) is 9.59 Å². The minimum absolute atomic E-state index is 0.221. The fourth-order valence-electron chi connectivity index (χ4n) is 5.89. The number of carbonyl (C=O) groups excluding carboxylic acids is 2. The number of H-pyrrole nitrogens is 1. The number of carbonyl (C=O) groups is 2. The summed E-state index contributed by atoms with van der Waals surface area (Å²) in [6.45, 7) is 5.24. The van der Waals surface area contributed by atoms with Crippen LogP contribution in [0.2, 0.25) is 0 Å². The van der Waals surface area contributed by atoms with Gasteiger partial charge in [0.25, 0.3) is 5.91 Å². The number of nitrogens with zero attached hydrogens (tertiary/aromatic N) is 2. The molecule has 3 amide bonds. The highest BCUT2D eigenvalue weighted by atomic mass is 16.6. The van der Waals surface area contributed by atoms with Gasteiger partial charge in [0.2, 0.25) is 0 Å². The van der Waals surface area contributed by atoms with Crippen molar-refractivity contribution in [2.75, 3.05) is 18.1 Å². The van der Waals surface area contributed by atoms with Crippen molar-refractivity contribution in [1.29, 1.82) is 0 Å². The molecule has 0 bridgehead atoms. The van der Waals surface area contributed by atoms with E-state index in [1.165, 1.54) is 10.5 Å². The Bertz CT molecular complexity index is 1560. The minimum Gasteiger partial charge on any atom is -0.486 e. The lowest BCUT2D eigenvalue weighted by Crippen LogP contribution is -2.44. The predicted molar refractivity (Wildman–Crippen MR) is 140 cm³/mol. The summed E-state index contributed by atoms with van der Waals surface area (Å²) in [6.07, 6.45) is 0.464. The van der Waals surface area contributed by atoms with Gasteiger partial charge in [0.05, 0.1) is 5.69 Å². The van der Waals surface area contributed by atoms with Crippen molar-refractivity contribution in [3.05, 3.63) is 89.1 Å². The normalized spacial score (nSPS) is 20.5. The van der Waals surface area contributed by atoms with Crippen LogP contribution in [-0.2, 0) is 11.2 Å². The molecule has 7 nitrogen and oxygen atoms in total. The number of ether oxygens (including phenoxy) is 2. The van der Waals surface area contributed by atoms with Gasteiger partial charge in [0.1, 0.15) is 25.3 Å². The number of amides is 3. The van der Waals surface area contributed by atoms with Crippen LogP contribution in [-0.4, -0.2) is 41.1 Å². The van der Waals surface area contributed by atoms with Gasteiger partial charge in [-0.1, -0.05) is 56.3 Å². The Labute approximate surface area is 214 Å². The largest absolute Gasteiger partial charge is 0.486 e. The second-order valence-corrected chi connectivity index (χ2v) is 10.2. The van der Waals surface area contributed by atoms with Gasteiger partial charge in [-0.2, -0.15) is 0 Å². The average Bonchev–Trinajstić information content (AvgIpc) is 3.41. The Morgan fingerprint density at radius 1 is 0.919 bits per heavy atom. The molecule has 0 unspecified atom stereocenters. The van der Waals surface area contributed by atoms with E-state index in [1.54, 1.807) is 23.1 Å². The van der Waals surface area contributed by atoms with Crippen molar-refractivity contribution in [2.45, 2.75) is 38.3 Å². The molecule has 1 saturated heterocycles. The molecule has 3 aliphatic rings. The molecule has 0 spiro atoms. The first-order valence-corrected chi connectivity index (χ1v) is 12.8. The van der Waals surface area contributed by atoms with Crippen LogP contribution in [0.3, 0.4) is 0 Å². The van der Waals surface area contributed by atoms with Gasteiger partial charge in [-0.25, -0.2) is 9.69 Å². The van der Waals surface area contributed by atoms with Crippen LogP contribution in [0.15, 0.2) is 66.7 Å². The molecule has 1 aromatic heterocycles. The Morgan fingerprint density at radius 2 is 1.68 bits per heavy atom. The third-order valence-electron chi connectivity index (χ3n) is 7.75. The first-order chi connectivity index (χ1) is 18.0. The first kappa shape index (κ1) is 22.0. The second-order valence-electron chi connectivity index (χ2n) is 10.2. The fraction of sp³-hybridized carbons (Fsp3) is 0.267. The topological polar surface area (TPSA) is 74.9 Å². The van der Waals surface area contributed by atoms with Crippen LogP contribution >= 0.6 is 0 Å². The Hall–Kier alpha value is -4.26. The third-order valence-corrected chi connectivity index (χ3v) is 7.75. The summed E-state index contributed by atoms with van der Waals surface area (Å²) in [4.78, 5) is 34.6. The van der Waals surface area contributed by atoms with Crippen molar-refractivity contribution in [1.82, 2.24) is 9.88 Å². The maximum atomic E-state index is 14.0. The number of aromatic nitrogens is 1. The van der Waals surface area contributed by atoms with E-state index >= 15 is 0 Å². The fourth-order valence-corrected chi connectivity index (χ4v) is 5.89. The van der Waals surface area contributed by atoms with E-state index in [0.29, 0.717) is 42.7 Å². The molecule has 3 aromatic carbocycles. The molecule has 186 valence electrons. The molecule has 0 aliphatic carbocycles. The van der Waals surface area contributed by atoms with Gasteiger partial charge in [0.15, 0.2) is 11.5 Å². The minimum atomic E-state index is -0.595. The maximum absolute atomic E-state index is 14.0. The SMILES string of the molecule is CC(C)c1ccc([C@@H]2c3[nH]c4ccccc4c3C[C@H]3C(=O)N(c4ccc5c(c4)OCCO5)C(=O)N23)cc1. The molecule has 3 aliphatic heterocycles. The van der Waals surface area contributed by atoms with Crippen LogP contribution in [0.25, 0.3) is 10.9 Å². The zero-order valence-electron chi connectivity index (χ0n) is 20.7. The molecule has 4 heterocycles. The number of fused-ring (bicyclic) bond motifs is 5. The summed E-state index contributed by atoms with van der Waals surface area (Å²) >= 11 is 0. The lowest BCUT2D eigenvalue weighted by atomic mass is 9.88. The van der Waals surface area contributed by atoms with E-state index in [1.807, 2.05) is 18.2 Å². The molecular weight excluding hydrogens is 466 g/mol. The maximum Gasteiger partial charge on any atom is 0.332 e. The number of benzene rings is 3. The summed E-state index contributed by atoms with van der Waals surface area (Å²) in [5.74, 6) is 1.35. The highest BCUT2D eigenvalue weighted by molar-refractivity contribution is 6.22. The van der Waals surface area contributed by atoms with Crippen molar-refractivity contribution in [3.8, 4) is 11.5 Å². The number of para-hydroxylation sites is 1. The number of aromatic amines is 1. The van der Waals surface area contributed by atoms with Crippen LogP contribution in [0.5, 0.6) is 11.5 Å². The van der Waals surface area contributed by atoms with Crippen LogP contribution in [0, 0.1) is 0 Å². The molecule has 37 heavy (non-hydrogen) atoms. The number of hydrogen-bond donors (Lipinski definition) is 1. The van der Waals surface area contributed by atoms with Crippen molar-refractivity contribution >= 4 is 28.5 Å². The average molecular weight is 494 g/mol. The van der Waals surface area contributed by atoms with Crippen LogP contribution in [0.1, 0.15) is 48.2 Å². The van der Waals surface area contributed by atoms with Crippen molar-refractivity contribution in [3.63, 3.8) is 0 Å². The van der Waals surface area contributed by atoms with Gasteiger partial charge in [0, 0.05) is 29.1 Å². The Balaban J connectivity index is 1.36. The van der Waals surface area contributed by atoms with Gasteiger partial charge >= 0.3 is 6.03 Å². The zero-order chi connectivity index (χ0) is 25.3. The molecule has 1 N–H and O–H groups in total. The molecule has 4 aromatic rings. The zero-order valence-corrected chi connectivity index (χ0v) is 20.7. The monoisotopic (exact) mass is 493 g/mol. The van der Waals surface area contributed by atoms with E-state index in [4.69, 9.17) is 9.47 Å². The second kappa shape index (κ2) is 8.13. The predicted octanol–water partition coefficient (Wildman–Crippen LogP) is 5.55. The Morgan fingerprint density at radius 3 is 2.46 bits per heavy atom. The molecule has 0 radical (unpaired) electrons. The first-order valence-electron chi connectivity index (χ1n) is 12.8. The van der Waals surface area contributed by atoms with E-state index in [0.717, 1.165) is 27.7 Å². The number of rotatable bonds is 3. The number of urea groups is 1. The van der Waals surface area contributed by atoms with E-state index in [2.05, 4.69) is 49.2 Å². The summed E-state index contributed by atoms with van der Waals surface area (Å²) in [5, 5.41) is 1.10. The lowest BCUT2D eigenvalue weighted by Gasteiger charge is -2.36. The summed E-state index contributed by atoms with van der Waals surface area (Å²) < 4.78 is 11.4. The molecule has 2 atom stereocenters. The van der Waals surface area contributed by atoms with E-state index < -0.39 is 12.1 Å². The number of anilines is 1. The van der Waals surface area contributed by atoms with Crippen LogP contribution < -0.4 is 14.4 Å². The standard InChI is InChI=1S/C30H27N3O4/c1-17(2)18-7-9-19(10-8-18)28-27-22(21-5-3-4-6-23(21)31-27)16-24-29(34)32(30(35)33(24)28)20-11-12-25-26(15-20)37-14-13-36-25/h3-12,15,17,24,28,31H,13-14,16H2,1-2H3/t24-,28+/m0/s1. The number of imide groups is 1. The van der Waals surface area contributed by atoms with Gasteiger partial charge in [-0.3, -0.25) is 9.69 Å². The van der Waals surface area contributed by atoms with Crippen molar-refractivity contribution < 1.29 is 19.1 Å². The highest BCUT2D eigenvalue weighted by Crippen LogP contribution is 2.46. The summed E-state index contributed by atoms with van der Waals surface area (Å²) in [7, 11) is 0. The molecule has 0 saturated carbocycles. The van der Waals surface area contributed by atoms with Gasteiger partial charge < -0.3 is 14.5 Å². The quantitative estimate of drug-likeness (QED) is 0.380. The smallest absolute Gasteiger partial charge is 0.332 e. The third kappa shape index (κ3) is 3.26. The molecule has 7 rings (SSSR count). The Kier molecular flexibility index (Phi) is 4.83. The van der Waals surface area contributed by atoms with Gasteiger partial charge in [-0.15, -0.1) is 0 Å². The molecular formula is C30H27N3O4. The van der Waals surface area contributed by atoms with E-state index in [-0.39, 0.29) is 11.9 Å². The molecule has 1 fully saturated rings. The lowest BCUT2D eigenvalue weighted by molar-refractivity contribution is -0.120. The van der Waals surface area contributed by atoms with Gasteiger partial charge in [-0.05, 0) is 40.8 Å². The summed E-state index contributed by atoms with van der Waals surface area (Å²) in [6, 6.07) is 20.5. The van der Waals surface area contributed by atoms with Crippen LogP contribution in [0.4, 0.5) is 10.5 Å². The summed E-state index contributed by atoms with van der Waals surface area (Å²) in [5.41, 5.74) is 5.79. The number of hydrogen-bond acceptors (Lipinski definition) is 4. The highest BCUT2D eigenvalue weighted by Gasteiger charge is 2.53. The number of nitrogens with one attached hydrogen (secondary N) is 1.